The van der Waals surface area contributed by atoms with Crippen LogP contribution in [0, 0.1) is 0 Å². The normalized spacial score (nSPS) is 11.2. The number of aromatic nitrogens is 3. The molecule has 0 saturated carbocycles. The average Bonchev–Trinajstić information content (AvgIpc) is 2.62. The second-order valence-corrected chi connectivity index (χ2v) is 3.72. The third-order valence-corrected chi connectivity index (χ3v) is 1.95. The van der Waals surface area contributed by atoms with Crippen LogP contribution in [0.3, 0.4) is 0 Å². The highest BCUT2D eigenvalue weighted by atomic mass is 16.5. The van der Waals surface area contributed by atoms with Crippen LogP contribution in [0.5, 0.6) is 0 Å². The average molecular weight is 213 g/mol. The van der Waals surface area contributed by atoms with Gasteiger partial charge in [0, 0.05) is 12.8 Å². The third-order valence-electron chi connectivity index (χ3n) is 1.95. The summed E-state index contributed by atoms with van der Waals surface area (Å²) in [7, 11) is 0. The molecule has 1 aromatic heterocycles. The van der Waals surface area contributed by atoms with Crippen molar-refractivity contribution >= 4 is 0 Å². The van der Waals surface area contributed by atoms with Gasteiger partial charge in [-0.3, -0.25) is 0 Å². The number of hydrogen-bond donors (Lipinski definition) is 1. The molecule has 1 heterocycles. The van der Waals surface area contributed by atoms with Crippen LogP contribution in [0.2, 0.25) is 0 Å². The van der Waals surface area contributed by atoms with Crippen LogP contribution < -0.4 is 0 Å². The summed E-state index contributed by atoms with van der Waals surface area (Å²) in [6.07, 6.45) is 3.67. The smallest absolute Gasteiger partial charge is 0.0828 e. The summed E-state index contributed by atoms with van der Waals surface area (Å²) >= 11 is 0. The van der Waals surface area contributed by atoms with Crippen LogP contribution in [0.4, 0.5) is 0 Å². The molecule has 0 amide bonds. The Balaban J connectivity index is 2.26. The van der Waals surface area contributed by atoms with Gasteiger partial charge in [-0.1, -0.05) is 5.21 Å². The number of rotatable bonds is 7. The molecule has 0 unspecified atom stereocenters. The second kappa shape index (κ2) is 6.53. The minimum absolute atomic E-state index is 0.198. The predicted octanol–water partition coefficient (Wildman–Crippen LogP) is 0.628. The van der Waals surface area contributed by atoms with Gasteiger partial charge in [-0.25, -0.2) is 4.68 Å². The Morgan fingerprint density at radius 2 is 2.33 bits per heavy atom. The van der Waals surface area contributed by atoms with Gasteiger partial charge in [0.15, 0.2) is 0 Å². The predicted molar refractivity (Wildman–Crippen MR) is 56.5 cm³/mol. The van der Waals surface area contributed by atoms with Crippen molar-refractivity contribution in [3.05, 3.63) is 11.9 Å². The van der Waals surface area contributed by atoms with Gasteiger partial charge in [-0.2, -0.15) is 0 Å². The van der Waals surface area contributed by atoms with Crippen molar-refractivity contribution in [1.29, 1.82) is 0 Å². The highest BCUT2D eigenvalue weighted by molar-refractivity contribution is 4.91. The number of ether oxygens (including phenoxy) is 1. The molecule has 0 aromatic carbocycles. The van der Waals surface area contributed by atoms with Crippen molar-refractivity contribution in [2.45, 2.75) is 39.3 Å². The number of aliphatic hydroxyl groups is 1. The van der Waals surface area contributed by atoms with Gasteiger partial charge in [0.25, 0.3) is 0 Å². The molecule has 15 heavy (non-hydrogen) atoms. The molecule has 5 heteroatoms. The van der Waals surface area contributed by atoms with Crippen LogP contribution in [0.1, 0.15) is 26.0 Å². The van der Waals surface area contributed by atoms with Crippen molar-refractivity contribution in [2.24, 2.45) is 0 Å². The van der Waals surface area contributed by atoms with Gasteiger partial charge < -0.3 is 9.84 Å². The van der Waals surface area contributed by atoms with Crippen molar-refractivity contribution in [3.8, 4) is 0 Å². The largest absolute Gasteiger partial charge is 0.396 e. The fourth-order valence-corrected chi connectivity index (χ4v) is 1.20. The summed E-state index contributed by atoms with van der Waals surface area (Å²) in [5.74, 6) is 0. The number of aryl methyl sites for hydroxylation is 1. The third kappa shape index (κ3) is 4.90. The molecule has 0 aliphatic carbocycles. The van der Waals surface area contributed by atoms with Gasteiger partial charge in [0.1, 0.15) is 0 Å². The van der Waals surface area contributed by atoms with Gasteiger partial charge in [0.2, 0.25) is 0 Å². The molecule has 0 bridgehead atoms. The molecule has 0 aliphatic rings. The molecule has 1 rings (SSSR count). The van der Waals surface area contributed by atoms with Crippen LogP contribution >= 0.6 is 0 Å². The zero-order chi connectivity index (χ0) is 11.1. The Kier molecular flexibility index (Phi) is 5.28. The van der Waals surface area contributed by atoms with E-state index in [1.54, 1.807) is 4.68 Å². The molecule has 0 fully saturated rings. The molecule has 86 valence electrons. The fourth-order valence-electron chi connectivity index (χ4n) is 1.20. The number of nitrogens with zero attached hydrogens (tertiary/aromatic N) is 3. The topological polar surface area (TPSA) is 60.2 Å². The van der Waals surface area contributed by atoms with Crippen LogP contribution in [-0.4, -0.2) is 39.4 Å². The Morgan fingerprint density at radius 3 is 3.00 bits per heavy atom. The first kappa shape index (κ1) is 12.1. The first-order valence-electron chi connectivity index (χ1n) is 5.34. The molecule has 0 saturated heterocycles. The zero-order valence-corrected chi connectivity index (χ0v) is 9.39. The van der Waals surface area contributed by atoms with Gasteiger partial charge in [-0.15, -0.1) is 5.10 Å². The van der Waals surface area contributed by atoms with Crippen molar-refractivity contribution in [1.82, 2.24) is 15.0 Å². The lowest BCUT2D eigenvalue weighted by molar-refractivity contribution is 0.0707. The lowest BCUT2D eigenvalue weighted by Gasteiger charge is -2.06. The minimum Gasteiger partial charge on any atom is -0.396 e. The van der Waals surface area contributed by atoms with Crippen LogP contribution in [0.15, 0.2) is 6.20 Å². The molecule has 0 radical (unpaired) electrons. The van der Waals surface area contributed by atoms with Crippen molar-refractivity contribution < 1.29 is 9.84 Å². The van der Waals surface area contributed by atoms with Crippen molar-refractivity contribution in [2.75, 3.05) is 13.2 Å². The molecular formula is C10H19N3O2. The maximum atomic E-state index is 8.66. The Bertz CT molecular complexity index is 273. The maximum Gasteiger partial charge on any atom is 0.0828 e. The molecule has 1 aromatic rings. The molecule has 0 atom stereocenters. The van der Waals surface area contributed by atoms with Gasteiger partial charge in [0.05, 0.1) is 24.9 Å². The fraction of sp³-hybridized carbons (Fsp3) is 0.800. The Hall–Kier alpha value is -0.940. The number of aliphatic hydroxyl groups excluding tert-OH is 1. The SMILES string of the molecule is CC(C)OCCn1cc(CCCO)nn1. The molecule has 0 spiro atoms. The summed E-state index contributed by atoms with van der Waals surface area (Å²) in [4.78, 5) is 0. The van der Waals surface area contributed by atoms with Gasteiger partial charge >= 0.3 is 0 Å². The molecular weight excluding hydrogens is 194 g/mol. The summed E-state index contributed by atoms with van der Waals surface area (Å²) in [6.45, 7) is 5.59. The highest BCUT2D eigenvalue weighted by Gasteiger charge is 2.00. The lowest BCUT2D eigenvalue weighted by Crippen LogP contribution is -2.10. The van der Waals surface area contributed by atoms with E-state index in [-0.39, 0.29) is 12.7 Å². The first-order valence-corrected chi connectivity index (χ1v) is 5.34. The highest BCUT2D eigenvalue weighted by Crippen LogP contribution is 1.98. The summed E-state index contributed by atoms with van der Waals surface area (Å²) in [5, 5.41) is 16.6. The summed E-state index contributed by atoms with van der Waals surface area (Å²) in [6, 6.07) is 0. The van der Waals surface area contributed by atoms with E-state index in [1.165, 1.54) is 0 Å². The van der Waals surface area contributed by atoms with E-state index in [0.717, 1.165) is 25.1 Å². The zero-order valence-electron chi connectivity index (χ0n) is 9.39. The second-order valence-electron chi connectivity index (χ2n) is 3.72. The van der Waals surface area contributed by atoms with Crippen LogP contribution in [0.25, 0.3) is 0 Å². The van der Waals surface area contributed by atoms with E-state index in [9.17, 15) is 0 Å². The number of hydrogen-bond acceptors (Lipinski definition) is 4. The standard InChI is InChI=1S/C10H19N3O2/c1-9(2)15-7-5-13-8-10(11-12-13)4-3-6-14/h8-9,14H,3-7H2,1-2H3. The van der Waals surface area contributed by atoms with E-state index in [2.05, 4.69) is 10.3 Å². The Labute approximate surface area is 90.1 Å². The maximum absolute atomic E-state index is 8.66. The molecule has 0 aliphatic heterocycles. The van der Waals surface area contributed by atoms with E-state index < -0.39 is 0 Å². The first-order chi connectivity index (χ1) is 7.22. The van der Waals surface area contributed by atoms with Crippen LogP contribution in [-0.2, 0) is 17.7 Å². The van der Waals surface area contributed by atoms with E-state index in [4.69, 9.17) is 9.84 Å². The van der Waals surface area contributed by atoms with Crippen molar-refractivity contribution in [3.63, 3.8) is 0 Å². The minimum atomic E-state index is 0.198. The summed E-state index contributed by atoms with van der Waals surface area (Å²) in [5.41, 5.74) is 0.925. The quantitative estimate of drug-likeness (QED) is 0.721. The Morgan fingerprint density at radius 1 is 1.53 bits per heavy atom. The molecule has 1 N–H and O–H groups in total. The lowest BCUT2D eigenvalue weighted by atomic mass is 10.3. The van der Waals surface area contributed by atoms with Gasteiger partial charge in [-0.05, 0) is 26.7 Å². The van der Waals surface area contributed by atoms with E-state index >= 15 is 0 Å². The summed E-state index contributed by atoms with van der Waals surface area (Å²) < 4.78 is 7.18. The van der Waals surface area contributed by atoms with E-state index in [0.29, 0.717) is 6.61 Å². The monoisotopic (exact) mass is 213 g/mol. The molecule has 5 nitrogen and oxygen atoms in total. The van der Waals surface area contributed by atoms with E-state index in [1.807, 2.05) is 20.0 Å².